The Kier molecular flexibility index (Phi) is 14.1. The molecule has 0 saturated heterocycles. The summed E-state index contributed by atoms with van der Waals surface area (Å²) in [5, 5.41) is 17.9. The molecule has 0 fully saturated rings. The monoisotopic (exact) mass is 782 g/mol. The quantitative estimate of drug-likeness (QED) is 0.0585. The Bertz CT molecular complexity index is 2020. The van der Waals surface area contributed by atoms with Crippen molar-refractivity contribution in [2.45, 2.75) is 57.6 Å². The minimum Gasteiger partial charge on any atom is -0.492 e. The minimum absolute atomic E-state index is 0.0538. The molecule has 0 spiro atoms. The van der Waals surface area contributed by atoms with Gasteiger partial charge in [0, 0.05) is 24.1 Å². The van der Waals surface area contributed by atoms with E-state index in [2.05, 4.69) is 10.6 Å². The minimum atomic E-state index is -4.64. The van der Waals surface area contributed by atoms with Crippen molar-refractivity contribution in [3.63, 3.8) is 0 Å². The highest BCUT2D eigenvalue weighted by molar-refractivity contribution is 7.90. The van der Waals surface area contributed by atoms with E-state index < -0.39 is 49.2 Å². The lowest BCUT2D eigenvalue weighted by atomic mass is 10.1. The molecule has 0 aliphatic rings. The van der Waals surface area contributed by atoms with Crippen molar-refractivity contribution in [2.24, 2.45) is 0 Å². The van der Waals surface area contributed by atoms with Crippen LogP contribution in [0.3, 0.4) is 0 Å². The summed E-state index contributed by atoms with van der Waals surface area (Å²) in [6.07, 6.45) is -1.08. The van der Waals surface area contributed by atoms with E-state index in [4.69, 9.17) is 30.5 Å². The highest BCUT2D eigenvalue weighted by Crippen LogP contribution is 2.28. The van der Waals surface area contributed by atoms with Crippen molar-refractivity contribution in [1.29, 1.82) is 0 Å². The summed E-state index contributed by atoms with van der Waals surface area (Å²) in [7, 11) is -4.64. The van der Waals surface area contributed by atoms with Crippen LogP contribution in [0.2, 0.25) is 5.02 Å². The van der Waals surface area contributed by atoms with Gasteiger partial charge in [0.05, 0.1) is 9.82 Å². The van der Waals surface area contributed by atoms with Gasteiger partial charge in [0.1, 0.15) is 54.4 Å². The second-order valence-electron chi connectivity index (χ2n) is 13.1. The third-order valence-corrected chi connectivity index (χ3v) is 9.48. The summed E-state index contributed by atoms with van der Waals surface area (Å²) in [6, 6.07) is 21.1. The molecule has 0 unspecified atom stereocenters. The Balaban J connectivity index is 1.41. The Morgan fingerprint density at radius 2 is 1.43 bits per heavy atom. The molecule has 14 nitrogen and oxygen atoms in total. The number of carbonyl (C=O) groups is 2. The first-order valence-electron chi connectivity index (χ1n) is 16.9. The third kappa shape index (κ3) is 12.6. The fourth-order valence-corrected chi connectivity index (χ4v) is 6.19. The van der Waals surface area contributed by atoms with Crippen molar-refractivity contribution in [3.8, 4) is 17.2 Å². The van der Waals surface area contributed by atoms with Gasteiger partial charge < -0.3 is 29.6 Å². The molecule has 0 aliphatic heterocycles. The zero-order valence-corrected chi connectivity index (χ0v) is 32.1. The summed E-state index contributed by atoms with van der Waals surface area (Å²) in [5.41, 5.74) is 0.980. The number of benzene rings is 4. The van der Waals surface area contributed by atoms with E-state index in [1.54, 1.807) is 69.3 Å². The maximum absolute atomic E-state index is 13.5. The third-order valence-electron chi connectivity index (χ3n) is 7.54. The van der Waals surface area contributed by atoms with Crippen molar-refractivity contribution in [1.82, 2.24) is 10.0 Å². The van der Waals surface area contributed by atoms with E-state index in [1.165, 1.54) is 6.07 Å². The van der Waals surface area contributed by atoms with Crippen LogP contribution in [-0.2, 0) is 26.0 Å². The van der Waals surface area contributed by atoms with Gasteiger partial charge >= 0.3 is 6.09 Å². The molecule has 54 heavy (non-hydrogen) atoms. The highest BCUT2D eigenvalue weighted by Gasteiger charge is 2.30. The average Bonchev–Trinajstić information content (AvgIpc) is 3.10. The van der Waals surface area contributed by atoms with Crippen LogP contribution in [0.4, 0.5) is 16.2 Å². The molecule has 0 aliphatic carbocycles. The van der Waals surface area contributed by atoms with Crippen LogP contribution < -0.4 is 29.6 Å². The SMILES string of the molecule is Cc1cc(OCCOc2ccc(C[C@H](NC(=O)OC(C)(C)C)C(=O)NS(=O)(=O)c3ccc(NCCOc4ccccc4)c([N+](=O)[O-])c3)cc2)cc(C)c1Cl. The normalized spacial score (nSPS) is 11.9. The van der Waals surface area contributed by atoms with Crippen LogP contribution in [0.15, 0.2) is 89.8 Å². The number of ether oxygens (including phenoxy) is 4. The number of halogens is 1. The number of nitro groups is 1. The summed E-state index contributed by atoms with van der Waals surface area (Å²) >= 11 is 6.22. The van der Waals surface area contributed by atoms with Crippen molar-refractivity contribution in [2.75, 3.05) is 31.7 Å². The van der Waals surface area contributed by atoms with Crippen molar-refractivity contribution < 1.29 is 41.9 Å². The number of nitrogens with one attached hydrogen (secondary N) is 3. The number of para-hydroxylation sites is 1. The lowest BCUT2D eigenvalue weighted by Gasteiger charge is -2.23. The standard InChI is InChI=1S/C38H43ClN4O10S/c1-25-21-30(22-26(2)35(25)39)52-20-19-51-29-13-11-27(12-14-29)23-33(41-37(45)53-38(3,4)5)36(44)42-54(48,49)31-15-16-32(34(24-31)43(46)47)40-17-18-50-28-9-7-6-8-10-28/h6-16,21-22,24,33,40H,17-20,23H2,1-5H3,(H,41,45)(H,42,44)/t33-/m0/s1. The fourth-order valence-electron chi connectivity index (χ4n) is 5.04. The van der Waals surface area contributed by atoms with Crippen LogP contribution in [-0.4, -0.2) is 63.3 Å². The molecule has 4 rings (SSSR count). The van der Waals surface area contributed by atoms with Crippen LogP contribution in [0.25, 0.3) is 0 Å². The van der Waals surface area contributed by atoms with E-state index in [0.29, 0.717) is 27.8 Å². The van der Waals surface area contributed by atoms with Gasteiger partial charge in [-0.05, 0) is 99.8 Å². The van der Waals surface area contributed by atoms with Crippen LogP contribution in [0.1, 0.15) is 37.5 Å². The first kappa shape index (κ1) is 41.2. The predicted molar refractivity (Wildman–Crippen MR) is 204 cm³/mol. The summed E-state index contributed by atoms with van der Waals surface area (Å²) in [5.74, 6) is 0.714. The largest absolute Gasteiger partial charge is 0.492 e. The van der Waals surface area contributed by atoms with E-state index in [9.17, 15) is 28.1 Å². The summed E-state index contributed by atoms with van der Waals surface area (Å²) < 4.78 is 51.1. The second-order valence-corrected chi connectivity index (χ2v) is 15.2. The van der Waals surface area contributed by atoms with Crippen LogP contribution in [0, 0.1) is 24.0 Å². The van der Waals surface area contributed by atoms with E-state index in [1.807, 2.05) is 36.8 Å². The van der Waals surface area contributed by atoms with Gasteiger partial charge in [-0.15, -0.1) is 0 Å². The second kappa shape index (κ2) is 18.5. The number of sulfonamides is 1. The maximum atomic E-state index is 13.5. The Morgan fingerprint density at radius 1 is 0.833 bits per heavy atom. The topological polar surface area (TPSA) is 184 Å². The number of hydrogen-bond donors (Lipinski definition) is 3. The first-order chi connectivity index (χ1) is 25.5. The van der Waals surface area contributed by atoms with Gasteiger partial charge in [0.25, 0.3) is 21.6 Å². The molecule has 0 radical (unpaired) electrons. The van der Waals surface area contributed by atoms with Gasteiger partial charge in [0.15, 0.2) is 0 Å². The lowest BCUT2D eigenvalue weighted by molar-refractivity contribution is -0.384. The van der Waals surface area contributed by atoms with Crippen molar-refractivity contribution in [3.05, 3.63) is 117 Å². The van der Waals surface area contributed by atoms with Gasteiger partial charge in [-0.1, -0.05) is 41.9 Å². The molecule has 16 heteroatoms. The van der Waals surface area contributed by atoms with Gasteiger partial charge in [-0.2, -0.15) is 0 Å². The summed E-state index contributed by atoms with van der Waals surface area (Å²) in [6.45, 7) is 9.56. The molecule has 0 heterocycles. The molecule has 2 amide bonds. The van der Waals surface area contributed by atoms with Gasteiger partial charge in [0.2, 0.25) is 0 Å². The Hall–Kier alpha value is -5.54. The van der Waals surface area contributed by atoms with E-state index in [0.717, 1.165) is 23.3 Å². The van der Waals surface area contributed by atoms with Crippen LogP contribution >= 0.6 is 11.6 Å². The number of amides is 2. The number of anilines is 1. The zero-order valence-electron chi connectivity index (χ0n) is 30.5. The molecule has 0 saturated carbocycles. The first-order valence-corrected chi connectivity index (χ1v) is 18.7. The summed E-state index contributed by atoms with van der Waals surface area (Å²) in [4.78, 5) is 36.8. The number of alkyl carbamates (subject to hydrolysis) is 1. The van der Waals surface area contributed by atoms with Gasteiger partial charge in [-0.25, -0.2) is 17.9 Å². The predicted octanol–water partition coefficient (Wildman–Crippen LogP) is 6.75. The number of aryl methyl sites for hydroxylation is 2. The van der Waals surface area contributed by atoms with E-state index in [-0.39, 0.29) is 38.5 Å². The fraction of sp³-hybridized carbons (Fsp3) is 0.316. The number of nitrogens with zero attached hydrogens (tertiary/aromatic N) is 1. The molecule has 3 N–H and O–H groups in total. The highest BCUT2D eigenvalue weighted by atomic mass is 35.5. The number of rotatable bonds is 17. The maximum Gasteiger partial charge on any atom is 0.408 e. The molecule has 0 bridgehead atoms. The van der Waals surface area contributed by atoms with Crippen LogP contribution in [0.5, 0.6) is 17.2 Å². The molecular weight excluding hydrogens is 740 g/mol. The smallest absolute Gasteiger partial charge is 0.408 e. The molecular formula is C38H43ClN4O10S. The molecule has 288 valence electrons. The number of nitro benzene ring substituents is 1. The average molecular weight is 783 g/mol. The Labute approximate surface area is 319 Å². The number of carbonyl (C=O) groups excluding carboxylic acids is 2. The molecule has 0 aromatic heterocycles. The molecule has 1 atom stereocenters. The lowest BCUT2D eigenvalue weighted by Crippen LogP contribution is -2.50. The molecule has 4 aromatic rings. The van der Waals surface area contributed by atoms with E-state index >= 15 is 0 Å². The van der Waals surface area contributed by atoms with Gasteiger partial charge in [-0.3, -0.25) is 14.9 Å². The van der Waals surface area contributed by atoms with Crippen molar-refractivity contribution >= 4 is 45.0 Å². The Morgan fingerprint density at radius 3 is 2.04 bits per heavy atom. The molecule has 4 aromatic carbocycles. The zero-order chi connectivity index (χ0) is 39.5. The number of hydrogen-bond acceptors (Lipinski definition) is 11.